The van der Waals surface area contributed by atoms with E-state index in [4.69, 9.17) is 9.26 Å². The number of rotatable bonds is 6. The number of aryl methyl sites for hydroxylation is 2. The van der Waals surface area contributed by atoms with Crippen LogP contribution in [0.1, 0.15) is 57.5 Å². The molecule has 2 aromatic heterocycles. The van der Waals surface area contributed by atoms with Gasteiger partial charge in [0.25, 0.3) is 0 Å². The van der Waals surface area contributed by atoms with E-state index in [2.05, 4.69) is 52.5 Å². The minimum Gasteiger partial charge on any atom is -0.444 e. The largest absolute Gasteiger partial charge is 0.444 e. The molecule has 0 bridgehead atoms. The quantitative estimate of drug-likeness (QED) is 0.540. The number of amides is 1. The number of thioether (sulfide) groups is 1. The highest BCUT2D eigenvalue weighted by Gasteiger charge is 2.31. The van der Waals surface area contributed by atoms with Crippen LogP contribution in [-0.2, 0) is 16.0 Å². The van der Waals surface area contributed by atoms with E-state index in [0.29, 0.717) is 17.5 Å². The summed E-state index contributed by atoms with van der Waals surface area (Å²) in [6, 6.07) is 6.38. The number of carbonyl (C=O) groups is 1. The van der Waals surface area contributed by atoms with E-state index in [0.717, 1.165) is 10.8 Å². The normalized spacial score (nSPS) is 12.1. The molecular weight excluding hydrogens is 414 g/mol. The predicted octanol–water partition coefficient (Wildman–Crippen LogP) is 4.92. The Morgan fingerprint density at radius 1 is 1.16 bits per heavy atom. The number of carbonyl (C=O) groups excluding carboxylic acids is 1. The third-order valence-electron chi connectivity index (χ3n) is 4.26. The average Bonchev–Trinajstić information content (AvgIpc) is 3.26. The van der Waals surface area contributed by atoms with Crippen LogP contribution in [0.4, 0.5) is 4.79 Å². The van der Waals surface area contributed by atoms with E-state index in [9.17, 15) is 4.79 Å². The highest BCUT2D eigenvalue weighted by Crippen LogP contribution is 2.26. The first-order chi connectivity index (χ1) is 14.4. The Labute approximate surface area is 186 Å². The molecule has 9 heteroatoms. The number of ether oxygens (including phenoxy) is 1. The number of alkyl carbamates (subject to hydrolysis) is 1. The van der Waals surface area contributed by atoms with Crippen molar-refractivity contribution in [1.82, 2.24) is 25.0 Å². The summed E-state index contributed by atoms with van der Waals surface area (Å²) in [5.41, 5.74) is 2.02. The summed E-state index contributed by atoms with van der Waals surface area (Å²) < 4.78 is 12.8. The van der Waals surface area contributed by atoms with E-state index >= 15 is 0 Å². The topological polar surface area (TPSA) is 95.1 Å². The molecule has 3 rings (SSSR count). The number of aromatic nitrogens is 4. The van der Waals surface area contributed by atoms with Gasteiger partial charge in [-0.2, -0.15) is 4.98 Å². The lowest BCUT2D eigenvalue weighted by Crippen LogP contribution is -2.44. The summed E-state index contributed by atoms with van der Waals surface area (Å²) >= 11 is 1.50. The zero-order chi connectivity index (χ0) is 22.8. The lowest BCUT2D eigenvalue weighted by atomic mass is 10.1. The van der Waals surface area contributed by atoms with Gasteiger partial charge in [0, 0.05) is 18.1 Å². The lowest BCUT2D eigenvalue weighted by Gasteiger charge is -2.26. The fraction of sp³-hybridized carbons (Fsp3) is 0.455. The lowest BCUT2D eigenvalue weighted by molar-refractivity contribution is 0.0465. The van der Waals surface area contributed by atoms with Gasteiger partial charge >= 0.3 is 6.09 Å². The van der Waals surface area contributed by atoms with Crippen molar-refractivity contribution in [2.75, 3.05) is 0 Å². The number of nitrogens with zero attached hydrogens (tertiary/aromatic N) is 4. The molecule has 0 fully saturated rings. The van der Waals surface area contributed by atoms with Crippen LogP contribution in [0.2, 0.25) is 0 Å². The molecule has 0 aliphatic rings. The summed E-state index contributed by atoms with van der Waals surface area (Å²) in [6.45, 7) is 13.2. The van der Waals surface area contributed by atoms with E-state index in [1.807, 2.05) is 31.5 Å². The molecule has 0 spiro atoms. The molecular formula is C22H29N5O3S. The van der Waals surface area contributed by atoms with Gasteiger partial charge in [-0.1, -0.05) is 23.0 Å². The second-order valence-corrected chi connectivity index (χ2v) is 9.92. The maximum absolute atomic E-state index is 12.1. The fourth-order valence-corrected chi connectivity index (χ4v) is 3.80. The minimum absolute atomic E-state index is 0.381. The monoisotopic (exact) mass is 443 g/mol. The van der Waals surface area contributed by atoms with Crippen LogP contribution in [0, 0.1) is 13.8 Å². The van der Waals surface area contributed by atoms with Gasteiger partial charge in [0.05, 0.1) is 5.75 Å². The molecule has 8 nitrogen and oxygen atoms in total. The summed E-state index contributed by atoms with van der Waals surface area (Å²) in [5.74, 6) is 1.29. The number of benzene rings is 1. The Hall–Kier alpha value is -2.81. The van der Waals surface area contributed by atoms with Crippen molar-refractivity contribution < 1.29 is 14.1 Å². The van der Waals surface area contributed by atoms with Crippen molar-refractivity contribution in [3.63, 3.8) is 0 Å². The SMILES string of the molecule is Cc1cc(C)cc(-n2ccnc2SCc2nc(C(C)(C)NC(=O)OC(C)(C)C)no2)c1. The molecule has 1 amide bonds. The molecule has 0 radical (unpaired) electrons. The zero-order valence-corrected chi connectivity index (χ0v) is 19.8. The highest BCUT2D eigenvalue weighted by molar-refractivity contribution is 7.98. The third-order valence-corrected chi connectivity index (χ3v) is 5.21. The first-order valence-corrected chi connectivity index (χ1v) is 11.0. The second kappa shape index (κ2) is 8.74. The molecule has 31 heavy (non-hydrogen) atoms. The Morgan fingerprint density at radius 2 is 1.84 bits per heavy atom. The van der Waals surface area contributed by atoms with Crippen LogP contribution < -0.4 is 5.32 Å². The first-order valence-electron chi connectivity index (χ1n) is 10.0. The van der Waals surface area contributed by atoms with Gasteiger partial charge in [0.2, 0.25) is 5.89 Å². The average molecular weight is 444 g/mol. The van der Waals surface area contributed by atoms with Crippen LogP contribution in [-0.4, -0.2) is 31.4 Å². The number of nitrogens with one attached hydrogen (secondary N) is 1. The second-order valence-electron chi connectivity index (χ2n) is 8.98. The van der Waals surface area contributed by atoms with Crippen molar-refractivity contribution in [2.45, 2.75) is 70.5 Å². The van der Waals surface area contributed by atoms with Crippen LogP contribution in [0.25, 0.3) is 5.69 Å². The number of hydrogen-bond donors (Lipinski definition) is 1. The number of imidazole rings is 1. The van der Waals surface area contributed by atoms with E-state index in [-0.39, 0.29) is 0 Å². The zero-order valence-electron chi connectivity index (χ0n) is 19.0. The molecule has 1 N–H and O–H groups in total. The Balaban J connectivity index is 1.67. The van der Waals surface area contributed by atoms with Gasteiger partial charge in [-0.3, -0.25) is 4.57 Å². The number of hydrogen-bond acceptors (Lipinski definition) is 7. The van der Waals surface area contributed by atoms with Gasteiger partial charge < -0.3 is 14.6 Å². The first kappa shape index (κ1) is 22.9. The molecule has 3 aromatic rings. The predicted molar refractivity (Wildman–Crippen MR) is 119 cm³/mol. The van der Waals surface area contributed by atoms with Gasteiger partial charge in [0.1, 0.15) is 11.1 Å². The molecule has 0 saturated carbocycles. The Bertz CT molecular complexity index is 1050. The molecule has 1 aromatic carbocycles. The van der Waals surface area contributed by atoms with Gasteiger partial charge in [-0.15, -0.1) is 0 Å². The maximum Gasteiger partial charge on any atom is 0.408 e. The van der Waals surface area contributed by atoms with Crippen molar-refractivity contribution in [3.8, 4) is 5.69 Å². The van der Waals surface area contributed by atoms with Crippen molar-refractivity contribution in [1.29, 1.82) is 0 Å². The van der Waals surface area contributed by atoms with Crippen molar-refractivity contribution in [3.05, 3.63) is 53.4 Å². The minimum atomic E-state index is -0.841. The van der Waals surface area contributed by atoms with Crippen LogP contribution >= 0.6 is 11.8 Å². The van der Waals surface area contributed by atoms with Crippen molar-refractivity contribution >= 4 is 17.9 Å². The smallest absolute Gasteiger partial charge is 0.408 e. The summed E-state index contributed by atoms with van der Waals surface area (Å²) in [7, 11) is 0. The molecule has 0 unspecified atom stereocenters. The molecule has 166 valence electrons. The summed E-state index contributed by atoms with van der Waals surface area (Å²) in [5, 5.41) is 7.66. The molecule has 0 aliphatic heterocycles. The Kier molecular flexibility index (Phi) is 6.45. The maximum atomic E-state index is 12.1. The standard InChI is InChI=1S/C22H29N5O3S/c1-14-10-15(2)12-16(11-14)27-9-8-23-19(27)31-13-17-24-18(26-30-17)22(6,7)25-20(28)29-21(3,4)5/h8-12H,13H2,1-7H3,(H,25,28). The van der Waals surface area contributed by atoms with Crippen LogP contribution in [0.15, 0.2) is 40.3 Å². The van der Waals surface area contributed by atoms with Crippen LogP contribution in [0.3, 0.4) is 0 Å². The summed E-state index contributed by atoms with van der Waals surface area (Å²) in [6.07, 6.45) is 3.17. The molecule has 0 atom stereocenters. The van der Waals surface area contributed by atoms with E-state index in [1.54, 1.807) is 20.0 Å². The van der Waals surface area contributed by atoms with Gasteiger partial charge in [0.15, 0.2) is 11.0 Å². The Morgan fingerprint density at radius 3 is 2.48 bits per heavy atom. The highest BCUT2D eigenvalue weighted by atomic mass is 32.2. The van der Waals surface area contributed by atoms with E-state index < -0.39 is 17.2 Å². The van der Waals surface area contributed by atoms with Crippen molar-refractivity contribution in [2.24, 2.45) is 0 Å². The third kappa shape index (κ3) is 6.10. The van der Waals surface area contributed by atoms with Crippen LogP contribution in [0.5, 0.6) is 0 Å². The van der Waals surface area contributed by atoms with Gasteiger partial charge in [-0.05, 0) is 71.7 Å². The van der Waals surface area contributed by atoms with Gasteiger partial charge in [-0.25, -0.2) is 9.78 Å². The molecule has 0 saturated heterocycles. The molecule has 0 aliphatic carbocycles. The molecule has 2 heterocycles. The fourth-order valence-electron chi connectivity index (χ4n) is 2.99. The summed E-state index contributed by atoms with van der Waals surface area (Å²) in [4.78, 5) is 21.0. The van der Waals surface area contributed by atoms with E-state index in [1.165, 1.54) is 22.9 Å².